The molecular weight excluding hydrogens is 431 g/mol. The van der Waals surface area contributed by atoms with Crippen LogP contribution in [0.3, 0.4) is 0 Å². The van der Waals surface area contributed by atoms with Crippen LogP contribution in [0.25, 0.3) is 0 Å². The lowest BCUT2D eigenvalue weighted by molar-refractivity contribution is -0.274. The topological polar surface area (TPSA) is 107 Å². The Morgan fingerprint density at radius 3 is 2.10 bits per heavy atom. The number of anilines is 1. The summed E-state index contributed by atoms with van der Waals surface area (Å²) in [5.74, 6) is -0.492. The first kappa shape index (κ1) is 21.8. The molecule has 3 rings (SSSR count). The van der Waals surface area contributed by atoms with E-state index in [0.717, 1.165) is 37.8 Å². The fourth-order valence-corrected chi connectivity index (χ4v) is 4.40. The number of rotatable bonds is 4. The van der Waals surface area contributed by atoms with Gasteiger partial charge in [-0.05, 0) is 24.3 Å². The molecule has 30 heavy (non-hydrogen) atoms. The molecule has 0 aliphatic carbocycles. The second kappa shape index (κ2) is 7.75. The molecule has 1 fully saturated rings. The first-order valence-electron chi connectivity index (χ1n) is 8.65. The second-order valence-corrected chi connectivity index (χ2v) is 8.44. The molecule has 0 radical (unpaired) electrons. The van der Waals surface area contributed by atoms with Crippen LogP contribution in [0.15, 0.2) is 38.8 Å². The van der Waals surface area contributed by atoms with Gasteiger partial charge in [0, 0.05) is 40.3 Å². The zero-order valence-electron chi connectivity index (χ0n) is 16.0. The number of ether oxygens (including phenoxy) is 1. The number of piperazine rings is 1. The molecule has 1 aromatic carbocycles. The zero-order chi connectivity index (χ0) is 22.3. The van der Waals surface area contributed by atoms with Crippen LogP contribution in [0.4, 0.5) is 19.0 Å². The van der Waals surface area contributed by atoms with Crippen LogP contribution in [-0.2, 0) is 24.1 Å². The maximum absolute atomic E-state index is 12.8. The average Bonchev–Trinajstić information content (AvgIpc) is 2.68. The standard InChI is InChI=1S/C16H18F3N5O5S/c1-21-14(25)13(20-22(2)15(21)26)23-7-9-24(10-8-23)30(27,28)12-5-3-11(4-6-12)29-16(17,18)19/h3-6H,7-10H2,1-2H3. The number of aromatic nitrogens is 3. The number of nitrogens with zero attached hydrogens (tertiary/aromatic N) is 5. The Bertz CT molecular complexity index is 1150. The van der Waals surface area contributed by atoms with Crippen molar-refractivity contribution < 1.29 is 26.3 Å². The number of aryl methyl sites for hydroxylation is 1. The number of benzene rings is 1. The lowest BCUT2D eigenvalue weighted by atomic mass is 10.3. The Balaban J connectivity index is 1.74. The molecular formula is C16H18F3N5O5S. The van der Waals surface area contributed by atoms with E-state index < -0.39 is 33.4 Å². The predicted molar refractivity (Wildman–Crippen MR) is 98.8 cm³/mol. The van der Waals surface area contributed by atoms with Gasteiger partial charge in [-0.2, -0.15) is 4.31 Å². The lowest BCUT2D eigenvalue weighted by Crippen LogP contribution is -2.52. The minimum Gasteiger partial charge on any atom is -0.406 e. The van der Waals surface area contributed by atoms with Gasteiger partial charge >= 0.3 is 12.1 Å². The molecule has 164 valence electrons. The predicted octanol–water partition coefficient (Wildman–Crippen LogP) is -0.111. The van der Waals surface area contributed by atoms with Gasteiger partial charge in [-0.1, -0.05) is 0 Å². The van der Waals surface area contributed by atoms with Gasteiger partial charge in [0.05, 0.1) is 4.90 Å². The Kier molecular flexibility index (Phi) is 5.64. The number of hydrogen-bond donors (Lipinski definition) is 0. The van der Waals surface area contributed by atoms with E-state index in [0.29, 0.717) is 0 Å². The third-order valence-corrected chi connectivity index (χ3v) is 6.45. The van der Waals surface area contributed by atoms with E-state index in [1.165, 1.54) is 14.1 Å². The van der Waals surface area contributed by atoms with E-state index >= 15 is 0 Å². The van der Waals surface area contributed by atoms with Crippen molar-refractivity contribution in [2.75, 3.05) is 31.1 Å². The molecule has 0 saturated carbocycles. The Morgan fingerprint density at radius 1 is 1.00 bits per heavy atom. The van der Waals surface area contributed by atoms with Crippen molar-refractivity contribution in [3.05, 3.63) is 45.1 Å². The van der Waals surface area contributed by atoms with Gasteiger partial charge in [-0.25, -0.2) is 17.9 Å². The summed E-state index contributed by atoms with van der Waals surface area (Å²) in [6.07, 6.45) is -4.87. The smallest absolute Gasteiger partial charge is 0.406 e. The second-order valence-electron chi connectivity index (χ2n) is 6.50. The molecule has 1 aromatic heterocycles. The highest BCUT2D eigenvalue weighted by atomic mass is 32.2. The zero-order valence-corrected chi connectivity index (χ0v) is 16.8. The van der Waals surface area contributed by atoms with Crippen molar-refractivity contribution >= 4 is 15.8 Å². The van der Waals surface area contributed by atoms with Gasteiger partial charge in [0.25, 0.3) is 5.56 Å². The van der Waals surface area contributed by atoms with Crippen molar-refractivity contribution in [1.82, 2.24) is 18.7 Å². The van der Waals surface area contributed by atoms with Gasteiger partial charge in [-0.15, -0.1) is 18.3 Å². The van der Waals surface area contributed by atoms with Crippen LogP contribution in [-0.4, -0.2) is 59.6 Å². The number of halogens is 3. The third kappa shape index (κ3) is 4.33. The minimum absolute atomic E-state index is 0.0246. The molecule has 0 bridgehead atoms. The van der Waals surface area contributed by atoms with Crippen molar-refractivity contribution in [3.63, 3.8) is 0 Å². The van der Waals surface area contributed by atoms with Crippen LogP contribution in [0.1, 0.15) is 0 Å². The molecule has 0 spiro atoms. The number of hydrogen-bond acceptors (Lipinski definition) is 7. The van der Waals surface area contributed by atoms with Crippen molar-refractivity contribution in [2.45, 2.75) is 11.3 Å². The van der Waals surface area contributed by atoms with Crippen LogP contribution in [0, 0.1) is 0 Å². The van der Waals surface area contributed by atoms with E-state index in [-0.39, 0.29) is 36.9 Å². The summed E-state index contributed by atoms with van der Waals surface area (Å²) in [7, 11) is -1.23. The van der Waals surface area contributed by atoms with E-state index in [1.54, 1.807) is 4.90 Å². The van der Waals surface area contributed by atoms with Gasteiger partial charge < -0.3 is 9.64 Å². The van der Waals surface area contributed by atoms with Gasteiger partial charge in [-0.3, -0.25) is 9.36 Å². The Labute approximate surface area is 168 Å². The van der Waals surface area contributed by atoms with Crippen LogP contribution in [0.2, 0.25) is 0 Å². The fraction of sp³-hybridized carbons (Fsp3) is 0.438. The van der Waals surface area contributed by atoms with Gasteiger partial charge in [0.1, 0.15) is 5.75 Å². The first-order chi connectivity index (χ1) is 13.9. The Morgan fingerprint density at radius 2 is 1.57 bits per heavy atom. The average molecular weight is 449 g/mol. The highest BCUT2D eigenvalue weighted by Gasteiger charge is 2.32. The molecule has 1 aliphatic rings. The maximum Gasteiger partial charge on any atom is 0.573 e. The molecule has 0 N–H and O–H groups in total. The highest BCUT2D eigenvalue weighted by Crippen LogP contribution is 2.25. The maximum atomic E-state index is 12.8. The summed E-state index contributed by atoms with van der Waals surface area (Å²) >= 11 is 0. The molecule has 2 aromatic rings. The molecule has 14 heteroatoms. The van der Waals surface area contributed by atoms with Crippen molar-refractivity contribution in [1.29, 1.82) is 0 Å². The molecule has 10 nitrogen and oxygen atoms in total. The van der Waals surface area contributed by atoms with Crippen LogP contribution in [0.5, 0.6) is 5.75 Å². The quantitative estimate of drug-likeness (QED) is 0.641. The first-order valence-corrected chi connectivity index (χ1v) is 10.1. The summed E-state index contributed by atoms with van der Waals surface area (Å²) in [4.78, 5) is 25.4. The molecule has 0 atom stereocenters. The number of alkyl halides is 3. The van der Waals surface area contributed by atoms with E-state index in [2.05, 4.69) is 9.84 Å². The summed E-state index contributed by atoms with van der Waals surface area (Å²) in [5.41, 5.74) is -1.17. The van der Waals surface area contributed by atoms with Gasteiger partial charge in [0.2, 0.25) is 15.8 Å². The lowest BCUT2D eigenvalue weighted by Gasteiger charge is -2.34. The van der Waals surface area contributed by atoms with Crippen molar-refractivity contribution in [2.24, 2.45) is 14.1 Å². The van der Waals surface area contributed by atoms with E-state index in [9.17, 15) is 31.2 Å². The van der Waals surface area contributed by atoms with Crippen molar-refractivity contribution in [3.8, 4) is 5.75 Å². The highest BCUT2D eigenvalue weighted by molar-refractivity contribution is 7.89. The summed E-state index contributed by atoms with van der Waals surface area (Å²) in [6, 6.07) is 3.92. The molecule has 1 saturated heterocycles. The van der Waals surface area contributed by atoms with E-state index in [4.69, 9.17) is 0 Å². The van der Waals surface area contributed by atoms with Crippen LogP contribution < -0.4 is 20.9 Å². The monoisotopic (exact) mass is 449 g/mol. The summed E-state index contributed by atoms with van der Waals surface area (Å²) in [5, 5.41) is 3.96. The largest absolute Gasteiger partial charge is 0.573 e. The molecule has 2 heterocycles. The molecule has 1 aliphatic heterocycles. The third-order valence-electron chi connectivity index (χ3n) is 4.54. The number of sulfonamides is 1. The molecule has 0 unspecified atom stereocenters. The van der Waals surface area contributed by atoms with Gasteiger partial charge in [0.15, 0.2) is 0 Å². The SMILES string of the molecule is Cn1nc(N2CCN(S(=O)(=O)c3ccc(OC(F)(F)F)cc3)CC2)c(=O)n(C)c1=O. The summed E-state index contributed by atoms with van der Waals surface area (Å²) < 4.78 is 69.1. The van der Waals surface area contributed by atoms with Crippen LogP contribution >= 0.6 is 0 Å². The summed E-state index contributed by atoms with van der Waals surface area (Å²) in [6.45, 7) is 0.345. The normalized spacial score (nSPS) is 16.0. The minimum atomic E-state index is -4.87. The molecule has 0 amide bonds. The van der Waals surface area contributed by atoms with E-state index in [1.807, 2.05) is 0 Å². The fourth-order valence-electron chi connectivity index (χ4n) is 2.98. The Hall–Kier alpha value is -2.87.